The quantitative estimate of drug-likeness (QED) is 0.324. The lowest BCUT2D eigenvalue weighted by Crippen LogP contribution is -2.63. The molecule has 4 rings (SSSR count). The normalized spacial score (nSPS) is 46.8. The molecule has 3 saturated carbocycles. The van der Waals surface area contributed by atoms with Crippen LogP contribution in [0.25, 0.3) is 0 Å². The summed E-state index contributed by atoms with van der Waals surface area (Å²) in [5.41, 5.74) is -3.35. The minimum absolute atomic E-state index is 0.0883. The minimum atomic E-state index is -1.48. The lowest BCUT2D eigenvalue weighted by Gasteiger charge is -2.60. The largest absolute Gasteiger partial charge is 0.393 e. The second-order valence-corrected chi connectivity index (χ2v) is 13.7. The van der Waals surface area contributed by atoms with Crippen LogP contribution in [0.5, 0.6) is 0 Å². The van der Waals surface area contributed by atoms with Crippen molar-refractivity contribution in [3.8, 4) is 0 Å². The van der Waals surface area contributed by atoms with Crippen molar-refractivity contribution in [3.05, 3.63) is 11.6 Å². The van der Waals surface area contributed by atoms with Crippen molar-refractivity contribution in [1.29, 1.82) is 0 Å². The molecule has 206 valence electrons. The van der Waals surface area contributed by atoms with E-state index in [2.05, 4.69) is 0 Å². The molecule has 0 aliphatic heterocycles. The molecule has 7 nitrogen and oxygen atoms in total. The van der Waals surface area contributed by atoms with Crippen molar-refractivity contribution < 1.29 is 35.4 Å². The predicted octanol–water partition coefficient (Wildman–Crippen LogP) is 2.35. The van der Waals surface area contributed by atoms with Crippen LogP contribution in [-0.4, -0.2) is 72.0 Å². The molecule has 12 atom stereocenters. The van der Waals surface area contributed by atoms with Gasteiger partial charge in [-0.15, -0.1) is 0 Å². The summed E-state index contributed by atoms with van der Waals surface area (Å²) in [5.74, 6) is -0.993. The Morgan fingerprint density at radius 2 is 1.69 bits per heavy atom. The Morgan fingerprint density at radius 1 is 1.06 bits per heavy atom. The maximum Gasteiger partial charge on any atom is 0.159 e. The Labute approximate surface area is 215 Å². The lowest BCUT2D eigenvalue weighted by molar-refractivity contribution is -0.179. The Bertz CT molecular complexity index is 888. The molecule has 4 aliphatic carbocycles. The first-order valence-electron chi connectivity index (χ1n) is 13.9. The van der Waals surface area contributed by atoms with Crippen LogP contribution >= 0.6 is 0 Å². The molecule has 0 aromatic rings. The number of fused-ring (bicyclic) bond motifs is 5. The van der Waals surface area contributed by atoms with Crippen molar-refractivity contribution in [2.24, 2.45) is 40.4 Å². The van der Waals surface area contributed by atoms with Gasteiger partial charge in [-0.25, -0.2) is 0 Å². The third kappa shape index (κ3) is 3.95. The molecule has 0 amide bonds. The van der Waals surface area contributed by atoms with Gasteiger partial charge in [0.2, 0.25) is 0 Å². The number of allylic oxidation sites excluding steroid dienone is 1. The monoisotopic (exact) mass is 508 g/mol. The molecule has 7 heteroatoms. The van der Waals surface area contributed by atoms with Crippen LogP contribution in [0, 0.1) is 40.4 Å². The number of carbonyl (C=O) groups excluding carboxylic acids is 1. The Balaban J connectivity index is 1.66. The van der Waals surface area contributed by atoms with Crippen LogP contribution in [0.4, 0.5) is 0 Å². The van der Waals surface area contributed by atoms with Gasteiger partial charge in [0.25, 0.3) is 0 Å². The standard InChI is InChI=1S/C29H48O7/c1-15(2)17(16(3)30)11-25(34)28(6,35)24-8-10-29(36)19-12-21(31)20-13-22(32)23(33)14-26(20,4)18(19)7-9-27(24,29)5/h12,15-18,20,22-25,30,32-36H,7-11,13-14H2,1-6H3. The zero-order chi connectivity index (χ0) is 27.0. The van der Waals surface area contributed by atoms with E-state index < -0.39 is 52.4 Å². The van der Waals surface area contributed by atoms with E-state index in [1.54, 1.807) is 19.9 Å². The molecule has 0 bridgehead atoms. The van der Waals surface area contributed by atoms with Crippen molar-refractivity contribution in [2.75, 3.05) is 0 Å². The first-order valence-corrected chi connectivity index (χ1v) is 13.9. The fraction of sp³-hybridized carbons (Fsp3) is 0.897. The number of aliphatic hydroxyl groups excluding tert-OH is 4. The van der Waals surface area contributed by atoms with Gasteiger partial charge in [0.15, 0.2) is 5.78 Å². The molecule has 12 unspecified atom stereocenters. The van der Waals surface area contributed by atoms with Gasteiger partial charge in [-0.2, -0.15) is 0 Å². The summed E-state index contributed by atoms with van der Waals surface area (Å²) in [6, 6.07) is 0. The van der Waals surface area contributed by atoms with Crippen LogP contribution in [-0.2, 0) is 4.79 Å². The highest BCUT2D eigenvalue weighted by Gasteiger charge is 2.69. The second-order valence-electron chi connectivity index (χ2n) is 13.7. The number of aliphatic hydroxyl groups is 6. The average molecular weight is 509 g/mol. The maximum atomic E-state index is 13.3. The van der Waals surface area contributed by atoms with Crippen molar-refractivity contribution in [3.63, 3.8) is 0 Å². The van der Waals surface area contributed by atoms with Gasteiger partial charge >= 0.3 is 0 Å². The van der Waals surface area contributed by atoms with Gasteiger partial charge in [-0.1, -0.05) is 27.7 Å². The van der Waals surface area contributed by atoms with Crippen LogP contribution in [0.15, 0.2) is 11.6 Å². The van der Waals surface area contributed by atoms with Crippen molar-refractivity contribution in [1.82, 2.24) is 0 Å². The van der Waals surface area contributed by atoms with Crippen LogP contribution < -0.4 is 0 Å². The molecule has 0 aromatic heterocycles. The fourth-order valence-electron chi connectivity index (χ4n) is 9.06. The molecule has 3 fully saturated rings. The predicted molar refractivity (Wildman–Crippen MR) is 136 cm³/mol. The Hall–Kier alpha value is -0.830. The summed E-state index contributed by atoms with van der Waals surface area (Å²) in [6.07, 6.45) is 1.16. The minimum Gasteiger partial charge on any atom is -0.393 e. The summed E-state index contributed by atoms with van der Waals surface area (Å²) in [7, 11) is 0. The second kappa shape index (κ2) is 9.13. The number of rotatable bonds is 6. The Morgan fingerprint density at radius 3 is 2.28 bits per heavy atom. The molecule has 4 aliphatic rings. The van der Waals surface area contributed by atoms with Gasteiger partial charge in [-0.3, -0.25) is 4.79 Å². The van der Waals surface area contributed by atoms with E-state index in [1.165, 1.54) is 0 Å². The van der Waals surface area contributed by atoms with Gasteiger partial charge < -0.3 is 30.6 Å². The highest BCUT2D eigenvalue weighted by molar-refractivity contribution is 5.95. The summed E-state index contributed by atoms with van der Waals surface area (Å²) >= 11 is 0. The maximum absolute atomic E-state index is 13.3. The van der Waals surface area contributed by atoms with Gasteiger partial charge in [0.1, 0.15) is 0 Å². The van der Waals surface area contributed by atoms with Crippen LogP contribution in [0.2, 0.25) is 0 Å². The molecule has 0 radical (unpaired) electrons. The van der Waals surface area contributed by atoms with Crippen LogP contribution in [0.1, 0.15) is 86.5 Å². The first-order chi connectivity index (χ1) is 16.5. The highest BCUT2D eigenvalue weighted by Crippen LogP contribution is 2.68. The van der Waals surface area contributed by atoms with Gasteiger partial charge in [0, 0.05) is 11.3 Å². The zero-order valence-corrected chi connectivity index (χ0v) is 22.8. The van der Waals surface area contributed by atoms with Gasteiger partial charge in [0.05, 0.1) is 35.6 Å². The number of hydrogen-bond donors (Lipinski definition) is 6. The molecule has 0 saturated heterocycles. The van der Waals surface area contributed by atoms with E-state index in [4.69, 9.17) is 0 Å². The Kier molecular flexibility index (Phi) is 7.15. The smallest absolute Gasteiger partial charge is 0.159 e. The highest BCUT2D eigenvalue weighted by atomic mass is 16.3. The van der Waals surface area contributed by atoms with E-state index >= 15 is 0 Å². The summed E-state index contributed by atoms with van der Waals surface area (Å²) in [6.45, 7) is 11.4. The first kappa shape index (κ1) is 28.2. The SMILES string of the molecule is CC(C)C(CC(O)C(C)(O)C1CCC2(O)C3=CC(=O)C4CC(O)C(O)CC4(C)C3CCC12C)C(C)O. The van der Waals surface area contributed by atoms with E-state index in [0.29, 0.717) is 37.7 Å². The lowest BCUT2D eigenvalue weighted by atomic mass is 9.45. The molecular weight excluding hydrogens is 460 g/mol. The fourth-order valence-corrected chi connectivity index (χ4v) is 9.06. The third-order valence-electron chi connectivity index (χ3n) is 11.5. The molecule has 6 N–H and O–H groups in total. The summed E-state index contributed by atoms with van der Waals surface area (Å²) in [4.78, 5) is 13.3. The van der Waals surface area contributed by atoms with Crippen LogP contribution in [0.3, 0.4) is 0 Å². The van der Waals surface area contributed by atoms with Crippen molar-refractivity contribution >= 4 is 5.78 Å². The summed E-state index contributed by atoms with van der Waals surface area (Å²) in [5, 5.41) is 66.3. The summed E-state index contributed by atoms with van der Waals surface area (Å²) < 4.78 is 0. The number of ketones is 1. The third-order valence-corrected chi connectivity index (χ3v) is 11.5. The van der Waals surface area contributed by atoms with E-state index in [1.807, 2.05) is 27.7 Å². The van der Waals surface area contributed by atoms with Crippen molar-refractivity contribution in [2.45, 2.75) is 122 Å². The zero-order valence-electron chi connectivity index (χ0n) is 22.8. The molecule has 0 spiro atoms. The van der Waals surface area contributed by atoms with Gasteiger partial charge in [-0.05, 0) is 99.5 Å². The van der Waals surface area contributed by atoms with E-state index in [0.717, 1.165) is 0 Å². The average Bonchev–Trinajstić information content (AvgIpc) is 3.05. The number of carbonyl (C=O) groups is 1. The molecular formula is C29H48O7. The molecule has 0 heterocycles. The molecule has 0 aromatic carbocycles. The molecule has 36 heavy (non-hydrogen) atoms. The topological polar surface area (TPSA) is 138 Å². The van der Waals surface area contributed by atoms with E-state index in [-0.39, 0.29) is 42.3 Å². The number of hydrogen-bond acceptors (Lipinski definition) is 7. The van der Waals surface area contributed by atoms with E-state index in [9.17, 15) is 35.4 Å².